The molecule has 0 saturated heterocycles. The lowest BCUT2D eigenvalue weighted by Crippen LogP contribution is -2.35. The van der Waals surface area contributed by atoms with Gasteiger partial charge in [0.2, 0.25) is 5.91 Å². The molecule has 0 fully saturated rings. The van der Waals surface area contributed by atoms with Crippen molar-refractivity contribution < 1.29 is 9.18 Å². The Hall–Kier alpha value is -1.13. The smallest absolute Gasteiger partial charge is 0.222 e. The maximum Gasteiger partial charge on any atom is 0.222 e. The van der Waals surface area contributed by atoms with Crippen LogP contribution in [-0.4, -0.2) is 30.4 Å². The minimum Gasteiger partial charge on any atom is -0.346 e. The molecule has 1 amide bonds. The molecule has 3 nitrogen and oxygen atoms in total. The highest BCUT2D eigenvalue weighted by atomic mass is 35.5. The van der Waals surface area contributed by atoms with Crippen LogP contribution in [0.1, 0.15) is 45.1 Å². The zero-order chi connectivity index (χ0) is 16.0. The average Bonchev–Trinajstić information content (AvgIpc) is 2.43. The van der Waals surface area contributed by atoms with Crippen LogP contribution in [0.5, 0.6) is 0 Å². The van der Waals surface area contributed by atoms with Gasteiger partial charge in [-0.05, 0) is 36.0 Å². The van der Waals surface area contributed by atoms with Crippen molar-refractivity contribution in [1.82, 2.24) is 4.90 Å². The van der Waals surface area contributed by atoms with Gasteiger partial charge in [-0.25, -0.2) is 4.39 Å². The van der Waals surface area contributed by atoms with Crippen molar-refractivity contribution in [2.75, 3.05) is 13.6 Å². The molecule has 2 N–H and O–H groups in total. The Morgan fingerprint density at radius 2 is 1.95 bits per heavy atom. The molecule has 0 saturated carbocycles. The highest BCUT2D eigenvalue weighted by molar-refractivity contribution is 5.85. The van der Waals surface area contributed by atoms with Crippen LogP contribution in [0.3, 0.4) is 0 Å². The minimum absolute atomic E-state index is 0. The molecule has 0 aromatic heterocycles. The lowest BCUT2D eigenvalue weighted by molar-refractivity contribution is -0.130. The number of amides is 1. The van der Waals surface area contributed by atoms with E-state index < -0.39 is 0 Å². The van der Waals surface area contributed by atoms with Gasteiger partial charge in [-0.2, -0.15) is 0 Å². The summed E-state index contributed by atoms with van der Waals surface area (Å²) in [6.07, 6.45) is 1.19. The average molecular weight is 331 g/mol. The quantitative estimate of drug-likeness (QED) is 0.830. The molecule has 126 valence electrons. The Kier molecular flexibility index (Phi) is 9.30. The molecule has 0 aliphatic rings. The van der Waals surface area contributed by atoms with E-state index in [-0.39, 0.29) is 36.1 Å². The van der Waals surface area contributed by atoms with E-state index in [0.717, 1.165) is 12.0 Å². The number of hydrogen-bond donors (Lipinski definition) is 1. The molecule has 22 heavy (non-hydrogen) atoms. The Morgan fingerprint density at radius 1 is 1.32 bits per heavy atom. The summed E-state index contributed by atoms with van der Waals surface area (Å²) in [6.45, 7) is 6.77. The first-order valence-corrected chi connectivity index (χ1v) is 7.56. The molecular formula is C17H28ClFN2O. The Bertz CT molecular complexity index is 468. The fourth-order valence-corrected chi connectivity index (χ4v) is 2.15. The lowest BCUT2D eigenvalue weighted by atomic mass is 9.97. The molecule has 0 radical (unpaired) electrons. The number of hydrogen-bond acceptors (Lipinski definition) is 2. The summed E-state index contributed by atoms with van der Waals surface area (Å²) in [6, 6.07) is 6.55. The highest BCUT2D eigenvalue weighted by Gasteiger charge is 2.16. The van der Waals surface area contributed by atoms with Crippen molar-refractivity contribution in [3.8, 4) is 0 Å². The van der Waals surface area contributed by atoms with Gasteiger partial charge in [0.05, 0.1) is 0 Å². The van der Waals surface area contributed by atoms with Gasteiger partial charge in [0.25, 0.3) is 0 Å². The second-order valence-corrected chi connectivity index (χ2v) is 6.17. The zero-order valence-corrected chi connectivity index (χ0v) is 14.7. The van der Waals surface area contributed by atoms with E-state index in [9.17, 15) is 9.18 Å². The SMILES string of the molecule is CC(CC(=O)N(C)CCC(N)C(C)C)c1cccc(F)c1.Cl. The van der Waals surface area contributed by atoms with Crippen molar-refractivity contribution in [2.45, 2.75) is 45.6 Å². The number of rotatable bonds is 7. The third-order valence-corrected chi connectivity index (χ3v) is 3.98. The molecule has 2 atom stereocenters. The molecule has 0 spiro atoms. The van der Waals surface area contributed by atoms with Gasteiger partial charge >= 0.3 is 0 Å². The second kappa shape index (κ2) is 9.80. The van der Waals surface area contributed by atoms with Crippen molar-refractivity contribution in [3.05, 3.63) is 35.6 Å². The van der Waals surface area contributed by atoms with Gasteiger partial charge in [-0.3, -0.25) is 4.79 Å². The molecular weight excluding hydrogens is 303 g/mol. The summed E-state index contributed by atoms with van der Waals surface area (Å²) in [5.41, 5.74) is 6.85. The summed E-state index contributed by atoms with van der Waals surface area (Å²) in [5, 5.41) is 0. The molecule has 0 bridgehead atoms. The van der Waals surface area contributed by atoms with Gasteiger partial charge in [0, 0.05) is 26.1 Å². The van der Waals surface area contributed by atoms with Crippen LogP contribution in [0.2, 0.25) is 0 Å². The Morgan fingerprint density at radius 3 is 2.50 bits per heavy atom. The molecule has 5 heteroatoms. The number of carbonyl (C=O) groups is 1. The molecule has 1 aromatic carbocycles. The number of carbonyl (C=O) groups excluding carboxylic acids is 1. The summed E-state index contributed by atoms with van der Waals surface area (Å²) < 4.78 is 13.2. The van der Waals surface area contributed by atoms with Gasteiger partial charge in [0.1, 0.15) is 5.82 Å². The highest BCUT2D eigenvalue weighted by Crippen LogP contribution is 2.20. The number of halogens is 2. The van der Waals surface area contributed by atoms with E-state index in [0.29, 0.717) is 18.9 Å². The molecule has 1 rings (SSSR count). The summed E-state index contributed by atoms with van der Waals surface area (Å²) >= 11 is 0. The lowest BCUT2D eigenvalue weighted by Gasteiger charge is -2.23. The normalized spacial score (nSPS) is 13.4. The largest absolute Gasteiger partial charge is 0.346 e. The van der Waals surface area contributed by atoms with Crippen LogP contribution in [0.4, 0.5) is 4.39 Å². The van der Waals surface area contributed by atoms with Crippen LogP contribution in [0.15, 0.2) is 24.3 Å². The minimum atomic E-state index is -0.261. The number of nitrogens with zero attached hydrogens (tertiary/aromatic N) is 1. The van der Waals surface area contributed by atoms with E-state index in [1.54, 1.807) is 18.0 Å². The van der Waals surface area contributed by atoms with Crippen molar-refractivity contribution in [3.63, 3.8) is 0 Å². The monoisotopic (exact) mass is 330 g/mol. The van der Waals surface area contributed by atoms with Crippen molar-refractivity contribution in [2.24, 2.45) is 11.7 Å². The summed E-state index contributed by atoms with van der Waals surface area (Å²) in [7, 11) is 1.80. The molecule has 2 unspecified atom stereocenters. The van der Waals surface area contributed by atoms with Crippen LogP contribution >= 0.6 is 12.4 Å². The van der Waals surface area contributed by atoms with E-state index in [1.807, 2.05) is 13.0 Å². The summed E-state index contributed by atoms with van der Waals surface area (Å²) in [5.74, 6) is 0.236. The van der Waals surface area contributed by atoms with E-state index in [2.05, 4.69) is 13.8 Å². The first kappa shape index (κ1) is 20.9. The third kappa shape index (κ3) is 6.75. The predicted molar refractivity (Wildman–Crippen MR) is 91.7 cm³/mol. The van der Waals surface area contributed by atoms with Crippen molar-refractivity contribution in [1.29, 1.82) is 0 Å². The topological polar surface area (TPSA) is 46.3 Å². The maximum absolute atomic E-state index is 13.2. The van der Waals surface area contributed by atoms with Gasteiger partial charge in [-0.15, -0.1) is 12.4 Å². The van der Waals surface area contributed by atoms with Crippen LogP contribution in [0.25, 0.3) is 0 Å². The first-order valence-electron chi connectivity index (χ1n) is 7.56. The van der Waals surface area contributed by atoms with Gasteiger partial charge in [0.15, 0.2) is 0 Å². The fourth-order valence-electron chi connectivity index (χ4n) is 2.15. The fraction of sp³-hybridized carbons (Fsp3) is 0.588. The van der Waals surface area contributed by atoms with Crippen molar-refractivity contribution >= 4 is 18.3 Å². The molecule has 0 heterocycles. The molecule has 1 aromatic rings. The maximum atomic E-state index is 13.2. The Balaban J connectivity index is 0.00000441. The van der Waals surface area contributed by atoms with E-state index in [4.69, 9.17) is 5.73 Å². The van der Waals surface area contributed by atoms with Crippen LogP contribution in [0, 0.1) is 11.7 Å². The standard InChI is InChI=1S/C17H27FN2O.ClH/c1-12(2)16(19)8-9-20(4)17(21)10-13(3)14-6-5-7-15(18)11-14;/h5-7,11-13,16H,8-10,19H2,1-4H3;1H. The van der Waals surface area contributed by atoms with Gasteiger partial charge < -0.3 is 10.6 Å². The van der Waals surface area contributed by atoms with Crippen LogP contribution < -0.4 is 5.73 Å². The molecule has 0 aliphatic heterocycles. The molecule has 0 aliphatic carbocycles. The van der Waals surface area contributed by atoms with Crippen LogP contribution in [-0.2, 0) is 4.79 Å². The van der Waals surface area contributed by atoms with E-state index in [1.165, 1.54) is 12.1 Å². The Labute approximate surface area is 139 Å². The predicted octanol–water partition coefficient (Wildman–Crippen LogP) is 3.57. The third-order valence-electron chi connectivity index (χ3n) is 3.98. The zero-order valence-electron chi connectivity index (χ0n) is 13.9. The summed E-state index contributed by atoms with van der Waals surface area (Å²) in [4.78, 5) is 13.9. The van der Waals surface area contributed by atoms with Gasteiger partial charge in [-0.1, -0.05) is 32.9 Å². The first-order chi connectivity index (χ1) is 9.81. The number of nitrogens with two attached hydrogens (primary N) is 1. The number of benzene rings is 1. The second-order valence-electron chi connectivity index (χ2n) is 6.17. The van der Waals surface area contributed by atoms with E-state index >= 15 is 0 Å².